The van der Waals surface area contributed by atoms with Crippen molar-refractivity contribution >= 4 is 27.6 Å². The Morgan fingerprint density at radius 1 is 1.11 bits per heavy atom. The first kappa shape index (κ1) is 25.8. The molecule has 36 heavy (non-hydrogen) atoms. The molecule has 0 aromatic carbocycles. The van der Waals surface area contributed by atoms with Crippen LogP contribution in [0.4, 0.5) is 14.7 Å². The molecular weight excluding hydrogens is 526 g/mol. The number of aromatic nitrogens is 7. The first-order valence-electron chi connectivity index (χ1n) is 10.3. The maximum atomic E-state index is 14.0. The molecule has 3 aromatic rings. The molecule has 13 nitrogen and oxygen atoms in total. The Morgan fingerprint density at radius 3 is 2.19 bits per heavy atom. The Bertz CT molecular complexity index is 1340. The number of hydrogen-bond donors (Lipinski definition) is 1. The molecule has 1 aliphatic carbocycles. The molecule has 3 aromatic heterocycles. The van der Waals surface area contributed by atoms with Gasteiger partial charge in [0.1, 0.15) is 23.5 Å². The number of halogens is 3. The van der Waals surface area contributed by atoms with Gasteiger partial charge in [-0.05, 0) is 6.92 Å². The highest BCUT2D eigenvalue weighted by Crippen LogP contribution is 2.56. The smallest absolute Gasteiger partial charge is 0.259 e. The van der Waals surface area contributed by atoms with Crippen LogP contribution < -0.4 is 14.2 Å². The van der Waals surface area contributed by atoms with Crippen LogP contribution in [-0.4, -0.2) is 75.6 Å². The molecule has 0 bridgehead atoms. The third kappa shape index (κ3) is 4.75. The number of rotatable bonds is 10. The highest BCUT2D eigenvalue weighted by Gasteiger charge is 2.60. The highest BCUT2D eigenvalue weighted by atomic mass is 35.5. The summed E-state index contributed by atoms with van der Waals surface area (Å²) in [5.41, 5.74) is -0.0557. The van der Waals surface area contributed by atoms with E-state index in [4.69, 9.17) is 25.8 Å². The summed E-state index contributed by atoms with van der Waals surface area (Å²) in [6, 6.07) is 0. The molecule has 0 amide bonds. The van der Waals surface area contributed by atoms with Gasteiger partial charge in [-0.3, -0.25) is 9.29 Å². The molecule has 1 aliphatic rings. The van der Waals surface area contributed by atoms with Crippen molar-refractivity contribution in [3.05, 3.63) is 35.4 Å². The second kappa shape index (κ2) is 9.67. The molecule has 3 atom stereocenters. The SMILES string of the molecule is COc1ncnc(OC)c1-n1c(NS(=O)(=O)C(C)C(OC)c2ncc(Cl)cn2)nnc1C1CC1(F)F. The maximum Gasteiger partial charge on any atom is 0.259 e. The average Bonchev–Trinajstić information content (AvgIpc) is 3.30. The number of methoxy groups -OCH3 is 3. The van der Waals surface area contributed by atoms with Crippen LogP contribution in [-0.2, 0) is 14.8 Å². The number of alkyl halides is 2. The Hall–Kier alpha value is -3.24. The summed E-state index contributed by atoms with van der Waals surface area (Å²) in [5.74, 6) is -5.07. The Balaban J connectivity index is 1.78. The number of nitrogens with zero attached hydrogens (tertiary/aromatic N) is 7. The maximum absolute atomic E-state index is 14.0. The number of hydrogen-bond acceptors (Lipinski definition) is 11. The molecule has 3 heterocycles. The minimum Gasteiger partial charge on any atom is -0.479 e. The van der Waals surface area contributed by atoms with E-state index in [0.29, 0.717) is 0 Å². The lowest BCUT2D eigenvalue weighted by Crippen LogP contribution is -2.33. The van der Waals surface area contributed by atoms with Crippen molar-refractivity contribution in [2.24, 2.45) is 0 Å². The zero-order valence-electron chi connectivity index (χ0n) is 19.4. The van der Waals surface area contributed by atoms with E-state index < -0.39 is 45.6 Å². The van der Waals surface area contributed by atoms with Crippen LogP contribution in [0.1, 0.15) is 37.0 Å². The largest absolute Gasteiger partial charge is 0.479 e. The van der Waals surface area contributed by atoms with E-state index in [1.807, 2.05) is 0 Å². The van der Waals surface area contributed by atoms with Crippen LogP contribution in [0.15, 0.2) is 18.7 Å². The summed E-state index contributed by atoms with van der Waals surface area (Å²) >= 11 is 5.82. The van der Waals surface area contributed by atoms with E-state index in [9.17, 15) is 17.2 Å². The summed E-state index contributed by atoms with van der Waals surface area (Å²) < 4.78 is 74.0. The molecule has 0 aliphatic heterocycles. The third-order valence-electron chi connectivity index (χ3n) is 5.49. The molecule has 4 rings (SSSR count). The lowest BCUT2D eigenvalue weighted by Gasteiger charge is -2.22. The molecular formula is C19H21ClF2N8O5S. The van der Waals surface area contributed by atoms with Gasteiger partial charge >= 0.3 is 0 Å². The van der Waals surface area contributed by atoms with Gasteiger partial charge in [-0.25, -0.2) is 27.2 Å². The fraction of sp³-hybridized carbons (Fsp3) is 0.474. The van der Waals surface area contributed by atoms with Gasteiger partial charge < -0.3 is 14.2 Å². The van der Waals surface area contributed by atoms with Gasteiger partial charge in [-0.2, -0.15) is 9.97 Å². The average molecular weight is 547 g/mol. The van der Waals surface area contributed by atoms with Crippen molar-refractivity contribution in [3.8, 4) is 17.4 Å². The van der Waals surface area contributed by atoms with E-state index in [-0.39, 0.29) is 34.1 Å². The van der Waals surface area contributed by atoms with E-state index in [2.05, 4.69) is 34.9 Å². The first-order chi connectivity index (χ1) is 17.0. The normalized spacial score (nSPS) is 18.4. The van der Waals surface area contributed by atoms with Gasteiger partial charge in [0.15, 0.2) is 11.5 Å². The lowest BCUT2D eigenvalue weighted by molar-refractivity contribution is 0.0950. The molecule has 0 radical (unpaired) electrons. The summed E-state index contributed by atoms with van der Waals surface area (Å²) in [6.07, 6.45) is 2.14. The first-order valence-corrected chi connectivity index (χ1v) is 12.2. The zero-order chi connectivity index (χ0) is 26.3. The van der Waals surface area contributed by atoms with Gasteiger partial charge in [0.25, 0.3) is 5.92 Å². The second-order valence-corrected chi connectivity index (χ2v) is 10.2. The summed E-state index contributed by atoms with van der Waals surface area (Å²) in [4.78, 5) is 16.0. The van der Waals surface area contributed by atoms with Gasteiger partial charge in [-0.15, -0.1) is 10.2 Å². The van der Waals surface area contributed by atoms with E-state index in [1.54, 1.807) is 0 Å². The van der Waals surface area contributed by atoms with E-state index in [0.717, 1.165) is 10.9 Å². The van der Waals surface area contributed by atoms with Crippen LogP contribution in [0, 0.1) is 0 Å². The van der Waals surface area contributed by atoms with Crippen molar-refractivity contribution in [2.45, 2.75) is 36.5 Å². The van der Waals surface area contributed by atoms with Crippen LogP contribution in [0.3, 0.4) is 0 Å². The highest BCUT2D eigenvalue weighted by molar-refractivity contribution is 7.93. The Labute approximate surface area is 209 Å². The quantitative estimate of drug-likeness (QED) is 0.397. The predicted octanol–water partition coefficient (Wildman–Crippen LogP) is 2.16. The molecule has 0 spiro atoms. The third-order valence-corrected chi connectivity index (χ3v) is 7.38. The fourth-order valence-electron chi connectivity index (χ4n) is 3.50. The predicted molar refractivity (Wildman–Crippen MR) is 121 cm³/mol. The van der Waals surface area contributed by atoms with Gasteiger partial charge in [0.05, 0.1) is 25.2 Å². The molecule has 17 heteroatoms. The number of anilines is 1. The minimum absolute atomic E-state index is 0.0557. The van der Waals surface area contributed by atoms with Crippen molar-refractivity contribution < 1.29 is 31.4 Å². The van der Waals surface area contributed by atoms with Crippen LogP contribution in [0.25, 0.3) is 5.69 Å². The van der Waals surface area contributed by atoms with Crippen molar-refractivity contribution in [2.75, 3.05) is 26.1 Å². The van der Waals surface area contributed by atoms with Crippen LogP contribution in [0.2, 0.25) is 5.02 Å². The van der Waals surface area contributed by atoms with Gasteiger partial charge in [-0.1, -0.05) is 11.6 Å². The molecule has 1 fully saturated rings. The number of nitrogens with one attached hydrogen (secondary N) is 1. The van der Waals surface area contributed by atoms with Crippen molar-refractivity contribution in [1.29, 1.82) is 0 Å². The topological polar surface area (TPSA) is 156 Å². The summed E-state index contributed by atoms with van der Waals surface area (Å²) in [6.45, 7) is 1.36. The van der Waals surface area contributed by atoms with Gasteiger partial charge in [0.2, 0.25) is 27.7 Å². The van der Waals surface area contributed by atoms with Crippen LogP contribution >= 0.6 is 11.6 Å². The lowest BCUT2D eigenvalue weighted by atomic mass is 10.2. The summed E-state index contributed by atoms with van der Waals surface area (Å²) in [5, 5.41) is 6.68. The summed E-state index contributed by atoms with van der Waals surface area (Å²) in [7, 11) is -0.414. The monoisotopic (exact) mass is 546 g/mol. The molecule has 1 N–H and O–H groups in total. The minimum atomic E-state index is -4.29. The number of sulfonamides is 1. The molecule has 0 saturated heterocycles. The Morgan fingerprint density at radius 2 is 1.69 bits per heavy atom. The Kier molecular flexibility index (Phi) is 6.94. The van der Waals surface area contributed by atoms with Crippen molar-refractivity contribution in [3.63, 3.8) is 0 Å². The second-order valence-electron chi connectivity index (χ2n) is 7.74. The number of ether oxygens (including phenoxy) is 3. The van der Waals surface area contributed by atoms with Crippen molar-refractivity contribution in [1.82, 2.24) is 34.7 Å². The zero-order valence-corrected chi connectivity index (χ0v) is 21.0. The molecule has 3 unspecified atom stereocenters. The van der Waals surface area contributed by atoms with E-state index >= 15 is 0 Å². The fourth-order valence-corrected chi connectivity index (χ4v) is 4.73. The molecule has 194 valence electrons. The van der Waals surface area contributed by atoms with E-state index in [1.165, 1.54) is 40.6 Å². The van der Waals surface area contributed by atoms with Crippen LogP contribution in [0.5, 0.6) is 11.8 Å². The standard InChI is InChI=1S/C19H21ClF2N8O5S/c1-9(13(33-2)14-23-6-10(20)7-24-14)36(31,32)29-18-28-27-15(11-5-19(11,21)22)30(18)12-16(34-3)25-8-26-17(12)35-4/h6-9,11,13H,5H2,1-4H3,(H,28,29). The molecule has 1 saturated carbocycles. The van der Waals surface area contributed by atoms with Gasteiger partial charge in [0, 0.05) is 25.9 Å².